The minimum absolute atomic E-state index is 0.459. The summed E-state index contributed by atoms with van der Waals surface area (Å²) in [5.41, 5.74) is 3.06. The molecule has 0 bridgehead atoms. The molecule has 2 rings (SSSR count). The molecule has 0 aliphatic rings. The van der Waals surface area contributed by atoms with Crippen molar-refractivity contribution in [3.8, 4) is 0 Å². The van der Waals surface area contributed by atoms with E-state index < -0.39 is 0 Å². The highest BCUT2D eigenvalue weighted by Gasteiger charge is 2.04. The van der Waals surface area contributed by atoms with E-state index in [-0.39, 0.29) is 0 Å². The van der Waals surface area contributed by atoms with E-state index in [2.05, 4.69) is 30.1 Å². The van der Waals surface area contributed by atoms with Crippen LogP contribution >= 0.6 is 0 Å². The number of hydrogen-bond acceptors (Lipinski definition) is 2. The molecule has 0 spiro atoms. The Bertz CT molecular complexity index is 501. The molecule has 0 aliphatic heterocycles. The zero-order chi connectivity index (χ0) is 12.1. The second-order valence-corrected chi connectivity index (χ2v) is 4.25. The van der Waals surface area contributed by atoms with Crippen molar-refractivity contribution >= 4 is 11.4 Å². The van der Waals surface area contributed by atoms with E-state index in [9.17, 15) is 0 Å². The van der Waals surface area contributed by atoms with E-state index in [0.717, 1.165) is 11.4 Å². The van der Waals surface area contributed by atoms with Gasteiger partial charge in [0.15, 0.2) is 0 Å². The number of nitrogens with zero attached hydrogens (tertiary/aromatic N) is 2. The van der Waals surface area contributed by atoms with Crippen LogP contribution in [0.4, 0.5) is 11.4 Å². The van der Waals surface area contributed by atoms with Crippen molar-refractivity contribution in [3.05, 3.63) is 60.2 Å². The Labute approximate surface area is 102 Å². The summed E-state index contributed by atoms with van der Waals surface area (Å²) in [5, 5.41) is 8.57. The standard InChI is InChI=1S/C15H16N2/c1-12(2)14-10-6-7-11-15(14)17-16-13-8-4-3-5-9-13/h3-12H,1-2H3. The summed E-state index contributed by atoms with van der Waals surface area (Å²) in [5.74, 6) is 0.459. The van der Waals surface area contributed by atoms with Crippen molar-refractivity contribution < 1.29 is 0 Å². The van der Waals surface area contributed by atoms with E-state index in [1.165, 1.54) is 5.56 Å². The molecular formula is C15H16N2. The van der Waals surface area contributed by atoms with E-state index in [0.29, 0.717) is 5.92 Å². The smallest absolute Gasteiger partial charge is 0.0891 e. The van der Waals surface area contributed by atoms with Gasteiger partial charge in [0.05, 0.1) is 11.4 Å². The van der Waals surface area contributed by atoms with Crippen LogP contribution in [0, 0.1) is 0 Å². The predicted octanol–water partition coefficient (Wildman–Crippen LogP) is 5.23. The fourth-order valence-electron chi connectivity index (χ4n) is 1.67. The molecule has 2 nitrogen and oxygen atoms in total. The first-order chi connectivity index (χ1) is 8.27. The number of hydrogen-bond donors (Lipinski definition) is 0. The fourth-order valence-corrected chi connectivity index (χ4v) is 1.67. The molecule has 2 aromatic carbocycles. The highest BCUT2D eigenvalue weighted by atomic mass is 15.1. The summed E-state index contributed by atoms with van der Waals surface area (Å²) in [6.07, 6.45) is 0. The van der Waals surface area contributed by atoms with Crippen LogP contribution < -0.4 is 0 Å². The summed E-state index contributed by atoms with van der Waals surface area (Å²) < 4.78 is 0. The van der Waals surface area contributed by atoms with Gasteiger partial charge in [-0.15, -0.1) is 0 Å². The van der Waals surface area contributed by atoms with Crippen LogP contribution in [0.3, 0.4) is 0 Å². The molecule has 2 aromatic rings. The lowest BCUT2D eigenvalue weighted by atomic mass is 10.0. The predicted molar refractivity (Wildman–Crippen MR) is 71.1 cm³/mol. The molecule has 0 heterocycles. The minimum atomic E-state index is 0.459. The number of azo groups is 1. The molecule has 17 heavy (non-hydrogen) atoms. The van der Waals surface area contributed by atoms with Crippen LogP contribution in [0.5, 0.6) is 0 Å². The zero-order valence-corrected chi connectivity index (χ0v) is 10.2. The maximum atomic E-state index is 4.32. The van der Waals surface area contributed by atoms with Gasteiger partial charge in [-0.1, -0.05) is 50.2 Å². The van der Waals surface area contributed by atoms with Crippen molar-refractivity contribution in [3.63, 3.8) is 0 Å². The van der Waals surface area contributed by atoms with Crippen LogP contribution in [0.15, 0.2) is 64.8 Å². The number of rotatable bonds is 3. The van der Waals surface area contributed by atoms with Gasteiger partial charge in [-0.2, -0.15) is 10.2 Å². The van der Waals surface area contributed by atoms with E-state index >= 15 is 0 Å². The van der Waals surface area contributed by atoms with E-state index in [1.807, 2.05) is 48.5 Å². The van der Waals surface area contributed by atoms with E-state index in [1.54, 1.807) is 0 Å². The van der Waals surface area contributed by atoms with Crippen molar-refractivity contribution in [1.82, 2.24) is 0 Å². The third-order valence-electron chi connectivity index (χ3n) is 2.59. The van der Waals surface area contributed by atoms with Gasteiger partial charge in [0.2, 0.25) is 0 Å². The highest BCUT2D eigenvalue weighted by Crippen LogP contribution is 2.27. The second-order valence-electron chi connectivity index (χ2n) is 4.25. The van der Waals surface area contributed by atoms with Gasteiger partial charge in [0.1, 0.15) is 0 Å². The van der Waals surface area contributed by atoms with Gasteiger partial charge in [-0.3, -0.25) is 0 Å². The van der Waals surface area contributed by atoms with Crippen LogP contribution in [-0.4, -0.2) is 0 Å². The molecule has 0 aliphatic carbocycles. The van der Waals surface area contributed by atoms with E-state index in [4.69, 9.17) is 0 Å². The van der Waals surface area contributed by atoms with Crippen molar-refractivity contribution in [2.75, 3.05) is 0 Å². The normalized spacial score (nSPS) is 11.2. The lowest BCUT2D eigenvalue weighted by molar-refractivity contribution is 0.864. The summed E-state index contributed by atoms with van der Waals surface area (Å²) in [6.45, 7) is 4.33. The van der Waals surface area contributed by atoms with Gasteiger partial charge >= 0.3 is 0 Å². The Kier molecular flexibility index (Phi) is 3.66. The summed E-state index contributed by atoms with van der Waals surface area (Å²) >= 11 is 0. The Hall–Kier alpha value is -1.96. The van der Waals surface area contributed by atoms with Crippen LogP contribution in [0.1, 0.15) is 25.3 Å². The van der Waals surface area contributed by atoms with Gasteiger partial charge < -0.3 is 0 Å². The highest BCUT2D eigenvalue weighted by molar-refractivity contribution is 5.47. The summed E-state index contributed by atoms with van der Waals surface area (Å²) in [6, 6.07) is 17.9. The molecule has 0 radical (unpaired) electrons. The topological polar surface area (TPSA) is 24.7 Å². The third-order valence-corrected chi connectivity index (χ3v) is 2.59. The molecule has 86 valence electrons. The average molecular weight is 224 g/mol. The van der Waals surface area contributed by atoms with Gasteiger partial charge in [0, 0.05) is 0 Å². The maximum Gasteiger partial charge on any atom is 0.0891 e. The molecular weight excluding hydrogens is 208 g/mol. The average Bonchev–Trinajstić information content (AvgIpc) is 2.38. The first kappa shape index (κ1) is 11.5. The molecule has 0 aromatic heterocycles. The van der Waals surface area contributed by atoms with Gasteiger partial charge in [-0.25, -0.2) is 0 Å². The molecule has 0 saturated heterocycles. The third kappa shape index (κ3) is 3.00. The van der Waals surface area contributed by atoms with Crippen molar-refractivity contribution in [1.29, 1.82) is 0 Å². The number of benzene rings is 2. The molecule has 0 N–H and O–H groups in total. The maximum absolute atomic E-state index is 4.32. The lowest BCUT2D eigenvalue weighted by Gasteiger charge is -2.07. The summed E-state index contributed by atoms with van der Waals surface area (Å²) in [4.78, 5) is 0. The Morgan fingerprint density at radius 2 is 1.41 bits per heavy atom. The molecule has 0 amide bonds. The first-order valence-electron chi connectivity index (χ1n) is 5.83. The fraction of sp³-hybridized carbons (Fsp3) is 0.200. The largest absolute Gasteiger partial charge is 0.151 e. The lowest BCUT2D eigenvalue weighted by Crippen LogP contribution is -1.86. The summed E-state index contributed by atoms with van der Waals surface area (Å²) in [7, 11) is 0. The SMILES string of the molecule is CC(C)c1ccccc1N=Nc1ccccc1. The van der Waals surface area contributed by atoms with Gasteiger partial charge in [-0.05, 0) is 29.7 Å². The molecule has 0 fully saturated rings. The Balaban J connectivity index is 2.27. The monoisotopic (exact) mass is 224 g/mol. The van der Waals surface area contributed by atoms with Crippen LogP contribution in [0.25, 0.3) is 0 Å². The second kappa shape index (κ2) is 5.39. The molecule has 0 saturated carbocycles. The Morgan fingerprint density at radius 1 is 0.765 bits per heavy atom. The van der Waals surface area contributed by atoms with Crippen molar-refractivity contribution in [2.24, 2.45) is 10.2 Å². The van der Waals surface area contributed by atoms with Crippen LogP contribution in [-0.2, 0) is 0 Å². The molecule has 2 heteroatoms. The minimum Gasteiger partial charge on any atom is -0.151 e. The first-order valence-corrected chi connectivity index (χ1v) is 5.83. The quantitative estimate of drug-likeness (QED) is 0.638. The van der Waals surface area contributed by atoms with Gasteiger partial charge in [0.25, 0.3) is 0 Å². The van der Waals surface area contributed by atoms with Crippen molar-refractivity contribution in [2.45, 2.75) is 19.8 Å². The zero-order valence-electron chi connectivity index (χ0n) is 10.2. The molecule has 0 atom stereocenters. The Morgan fingerprint density at radius 3 is 2.12 bits per heavy atom. The van der Waals surface area contributed by atoms with Crippen LogP contribution in [0.2, 0.25) is 0 Å². The molecule has 0 unspecified atom stereocenters.